The highest BCUT2D eigenvalue weighted by Crippen LogP contribution is 2.38. The average molecular weight is 333 g/mol. The van der Waals surface area contributed by atoms with Crippen molar-refractivity contribution < 1.29 is 18.3 Å². The molecule has 1 N–H and O–H groups in total. The van der Waals surface area contributed by atoms with Crippen molar-refractivity contribution in [3.05, 3.63) is 28.2 Å². The fourth-order valence-electron chi connectivity index (χ4n) is 2.49. The fraction of sp³-hybridized carbons (Fsp3) is 0.733. The molecule has 130 valence electrons. The first-order chi connectivity index (χ1) is 10.4. The number of nitrogens with zero attached hydrogens (tertiary/aromatic N) is 3. The highest BCUT2D eigenvalue weighted by molar-refractivity contribution is 5.10. The van der Waals surface area contributed by atoms with E-state index in [0.717, 1.165) is 5.69 Å². The second-order valence-electron chi connectivity index (χ2n) is 7.10. The van der Waals surface area contributed by atoms with E-state index in [4.69, 9.17) is 0 Å². The summed E-state index contributed by atoms with van der Waals surface area (Å²) in [7, 11) is 0. The molecule has 1 aliphatic rings. The summed E-state index contributed by atoms with van der Waals surface area (Å²) in [5.74, 6) is 0. The van der Waals surface area contributed by atoms with E-state index in [-0.39, 0.29) is 30.7 Å². The lowest BCUT2D eigenvalue weighted by molar-refractivity contribution is -0.273. The lowest BCUT2D eigenvalue weighted by atomic mass is 9.91. The normalized spacial score (nSPS) is 19.8. The second kappa shape index (κ2) is 5.90. The molecule has 1 fully saturated rings. The summed E-state index contributed by atoms with van der Waals surface area (Å²) < 4.78 is 39.6. The second-order valence-corrected chi connectivity index (χ2v) is 7.10. The Kier molecular flexibility index (Phi) is 4.60. The third-order valence-electron chi connectivity index (χ3n) is 4.18. The Bertz CT molecular complexity index is 612. The van der Waals surface area contributed by atoms with Crippen LogP contribution in [0.3, 0.4) is 0 Å². The molecular formula is C15H22F3N3O2. The van der Waals surface area contributed by atoms with E-state index in [1.807, 2.05) is 20.8 Å². The maximum absolute atomic E-state index is 12.8. The highest BCUT2D eigenvalue weighted by Gasteiger charge is 2.54. The van der Waals surface area contributed by atoms with Crippen LogP contribution in [-0.2, 0) is 12.1 Å². The van der Waals surface area contributed by atoms with Gasteiger partial charge in [-0.15, -0.1) is 0 Å². The number of hydrogen-bond donors (Lipinski definition) is 1. The summed E-state index contributed by atoms with van der Waals surface area (Å²) in [6, 6.07) is 3.08. The van der Waals surface area contributed by atoms with Crippen LogP contribution in [0.2, 0.25) is 0 Å². The van der Waals surface area contributed by atoms with E-state index in [9.17, 15) is 23.1 Å². The van der Waals surface area contributed by atoms with Crippen molar-refractivity contribution in [1.82, 2.24) is 14.7 Å². The summed E-state index contributed by atoms with van der Waals surface area (Å²) in [5, 5.41) is 14.0. The van der Waals surface area contributed by atoms with E-state index in [1.54, 1.807) is 11.0 Å². The van der Waals surface area contributed by atoms with Crippen molar-refractivity contribution in [2.24, 2.45) is 0 Å². The molecule has 5 nitrogen and oxygen atoms in total. The van der Waals surface area contributed by atoms with E-state index in [1.165, 1.54) is 10.7 Å². The van der Waals surface area contributed by atoms with Gasteiger partial charge in [0.1, 0.15) is 0 Å². The van der Waals surface area contributed by atoms with Gasteiger partial charge in [-0.3, -0.25) is 9.69 Å². The van der Waals surface area contributed by atoms with Crippen LogP contribution in [0.5, 0.6) is 0 Å². The van der Waals surface area contributed by atoms with Crippen molar-refractivity contribution in [2.75, 3.05) is 13.1 Å². The van der Waals surface area contributed by atoms with Crippen LogP contribution in [0.25, 0.3) is 0 Å². The van der Waals surface area contributed by atoms with Crippen molar-refractivity contribution in [3.8, 4) is 0 Å². The molecule has 0 aliphatic carbocycles. The molecule has 0 spiro atoms. The van der Waals surface area contributed by atoms with E-state index in [0.29, 0.717) is 0 Å². The summed E-state index contributed by atoms with van der Waals surface area (Å²) in [6.07, 6.45) is -5.42. The van der Waals surface area contributed by atoms with Crippen molar-refractivity contribution in [2.45, 2.75) is 57.5 Å². The topological polar surface area (TPSA) is 58.4 Å². The van der Waals surface area contributed by atoms with Gasteiger partial charge in [-0.05, 0) is 18.9 Å². The first-order valence-electron chi connectivity index (χ1n) is 7.52. The molecule has 1 saturated heterocycles. The smallest absolute Gasteiger partial charge is 0.380 e. The number of likely N-dealkylation sites (tertiary alicyclic amines) is 1. The minimum absolute atomic E-state index is 0.0594. The molecular weight excluding hydrogens is 311 g/mol. The van der Waals surface area contributed by atoms with Gasteiger partial charge in [0.25, 0.3) is 5.56 Å². The Morgan fingerprint density at radius 1 is 1.22 bits per heavy atom. The van der Waals surface area contributed by atoms with E-state index < -0.39 is 24.6 Å². The number of alkyl halides is 3. The standard InChI is InChI=1S/C15H22F3N3O2/c1-13(2,3)11-4-5-12(22)21(19-11)10-20-8-6-14(23,7-9-20)15(16,17)18/h4-5,23H,6-10H2,1-3H3. The molecule has 8 heteroatoms. The number of piperidine rings is 1. The fourth-order valence-corrected chi connectivity index (χ4v) is 2.49. The summed E-state index contributed by atoms with van der Waals surface area (Å²) in [6.45, 7) is 6.14. The van der Waals surface area contributed by atoms with Gasteiger partial charge in [0, 0.05) is 24.6 Å². The van der Waals surface area contributed by atoms with Crippen LogP contribution in [0.1, 0.15) is 39.3 Å². The molecule has 1 aromatic rings. The van der Waals surface area contributed by atoms with Gasteiger partial charge in [-0.2, -0.15) is 18.3 Å². The Balaban J connectivity index is 2.09. The molecule has 23 heavy (non-hydrogen) atoms. The summed E-state index contributed by atoms with van der Waals surface area (Å²) in [5.41, 5.74) is -2.42. The zero-order valence-electron chi connectivity index (χ0n) is 13.5. The van der Waals surface area contributed by atoms with Crippen molar-refractivity contribution >= 4 is 0 Å². The highest BCUT2D eigenvalue weighted by atomic mass is 19.4. The minimum atomic E-state index is -4.62. The van der Waals surface area contributed by atoms with Crippen molar-refractivity contribution in [1.29, 1.82) is 0 Å². The van der Waals surface area contributed by atoms with E-state index in [2.05, 4.69) is 5.10 Å². The van der Waals surface area contributed by atoms with Crippen LogP contribution in [-0.4, -0.2) is 44.7 Å². The lowest BCUT2D eigenvalue weighted by Gasteiger charge is -2.39. The average Bonchev–Trinajstić information content (AvgIpc) is 2.41. The largest absolute Gasteiger partial charge is 0.417 e. The first-order valence-corrected chi connectivity index (χ1v) is 7.52. The maximum atomic E-state index is 12.8. The minimum Gasteiger partial charge on any atom is -0.380 e. The third kappa shape index (κ3) is 3.92. The first kappa shape index (κ1) is 17.9. The molecule has 0 unspecified atom stereocenters. The van der Waals surface area contributed by atoms with Crippen LogP contribution in [0.4, 0.5) is 13.2 Å². The van der Waals surface area contributed by atoms with Crippen molar-refractivity contribution in [3.63, 3.8) is 0 Å². The predicted molar refractivity (Wildman–Crippen MR) is 79.0 cm³/mol. The molecule has 0 radical (unpaired) electrons. The lowest BCUT2D eigenvalue weighted by Crippen LogP contribution is -2.53. The molecule has 0 atom stereocenters. The van der Waals surface area contributed by atoms with Gasteiger partial charge in [0.15, 0.2) is 5.60 Å². The van der Waals surface area contributed by atoms with Gasteiger partial charge in [-0.25, -0.2) is 4.68 Å². The molecule has 2 rings (SSSR count). The number of aliphatic hydroxyl groups is 1. The van der Waals surface area contributed by atoms with Gasteiger partial charge in [-0.1, -0.05) is 20.8 Å². The Hall–Kier alpha value is -1.41. The zero-order chi connectivity index (χ0) is 17.5. The quantitative estimate of drug-likeness (QED) is 0.898. The van der Waals surface area contributed by atoms with Crippen LogP contribution in [0, 0.1) is 0 Å². The number of rotatable bonds is 2. The maximum Gasteiger partial charge on any atom is 0.417 e. The molecule has 0 amide bonds. The number of halogens is 3. The van der Waals surface area contributed by atoms with E-state index >= 15 is 0 Å². The Labute approximate surface area is 132 Å². The molecule has 0 bridgehead atoms. The Morgan fingerprint density at radius 2 is 1.78 bits per heavy atom. The van der Waals surface area contributed by atoms with Gasteiger partial charge >= 0.3 is 6.18 Å². The molecule has 0 aromatic carbocycles. The zero-order valence-corrected chi connectivity index (χ0v) is 13.5. The number of hydrogen-bond acceptors (Lipinski definition) is 4. The molecule has 2 heterocycles. The monoisotopic (exact) mass is 333 g/mol. The van der Waals surface area contributed by atoms with Gasteiger partial charge < -0.3 is 5.11 Å². The molecule has 1 aromatic heterocycles. The van der Waals surface area contributed by atoms with Crippen LogP contribution >= 0.6 is 0 Å². The number of aromatic nitrogens is 2. The van der Waals surface area contributed by atoms with Crippen LogP contribution < -0.4 is 5.56 Å². The summed E-state index contributed by atoms with van der Waals surface area (Å²) >= 11 is 0. The third-order valence-corrected chi connectivity index (χ3v) is 4.18. The SMILES string of the molecule is CC(C)(C)c1ccc(=O)n(CN2CCC(O)(C(F)(F)F)CC2)n1. The van der Waals surface area contributed by atoms with Gasteiger partial charge in [0.05, 0.1) is 12.4 Å². The predicted octanol–water partition coefficient (Wildman–Crippen LogP) is 1.89. The van der Waals surface area contributed by atoms with Crippen LogP contribution in [0.15, 0.2) is 16.9 Å². The molecule has 0 saturated carbocycles. The molecule has 1 aliphatic heterocycles. The Morgan fingerprint density at radius 3 is 2.26 bits per heavy atom. The summed E-state index contributed by atoms with van der Waals surface area (Å²) in [4.78, 5) is 13.6. The van der Waals surface area contributed by atoms with Gasteiger partial charge in [0.2, 0.25) is 0 Å².